The molecule has 0 saturated carbocycles. The van der Waals surface area contributed by atoms with Gasteiger partial charge in [-0.15, -0.1) is 0 Å². The molecule has 0 radical (unpaired) electrons. The topological polar surface area (TPSA) is 30.9 Å². The van der Waals surface area contributed by atoms with E-state index in [1.54, 1.807) is 0 Å². The molecular weight excluding hydrogens is 314 g/mol. The fourth-order valence-electron chi connectivity index (χ4n) is 2.89. The van der Waals surface area contributed by atoms with Crippen LogP contribution >= 0.6 is 11.6 Å². The summed E-state index contributed by atoms with van der Waals surface area (Å²) in [7, 11) is 0. The molecule has 1 aromatic rings. The van der Waals surface area contributed by atoms with Crippen LogP contribution < -0.4 is 4.74 Å². The zero-order chi connectivity index (χ0) is 16.8. The zero-order valence-corrected chi connectivity index (χ0v) is 15.4. The van der Waals surface area contributed by atoms with Crippen molar-refractivity contribution in [1.29, 1.82) is 0 Å². The second kappa shape index (κ2) is 8.88. The molecule has 23 heavy (non-hydrogen) atoms. The van der Waals surface area contributed by atoms with Crippen molar-refractivity contribution in [1.82, 2.24) is 4.90 Å². The van der Waals surface area contributed by atoms with Gasteiger partial charge in [0.05, 0.1) is 25.4 Å². The summed E-state index contributed by atoms with van der Waals surface area (Å²) in [5.74, 6) is 0.881. The maximum Gasteiger partial charge on any atom is 0.122 e. The Bertz CT molecular complexity index is 499. The quantitative estimate of drug-likeness (QED) is 0.711. The Labute approximate surface area is 144 Å². The molecule has 0 N–H and O–H groups in total. The Kier molecular flexibility index (Phi) is 7.15. The molecule has 1 fully saturated rings. The standard InChI is InChI=1S/C18H28ClNO3/c1-13-11-20(12-14(2)23-13)7-8-21-9-10-22-18-6-5-17(19)15(3)16(18)4/h5-6,13-14H,7-12H2,1-4H3/t13-,14+. The van der Waals surface area contributed by atoms with E-state index >= 15 is 0 Å². The van der Waals surface area contributed by atoms with Crippen LogP contribution in [0.5, 0.6) is 5.75 Å². The number of ether oxygens (including phenoxy) is 3. The Morgan fingerprint density at radius 1 is 1.09 bits per heavy atom. The molecule has 5 heteroatoms. The van der Waals surface area contributed by atoms with Crippen molar-refractivity contribution in [2.24, 2.45) is 0 Å². The van der Waals surface area contributed by atoms with E-state index in [2.05, 4.69) is 18.7 Å². The van der Waals surface area contributed by atoms with E-state index < -0.39 is 0 Å². The first-order valence-corrected chi connectivity index (χ1v) is 8.69. The summed E-state index contributed by atoms with van der Waals surface area (Å²) in [5.41, 5.74) is 2.16. The molecule has 2 rings (SSSR count). The van der Waals surface area contributed by atoms with Crippen molar-refractivity contribution >= 4 is 11.6 Å². The number of benzene rings is 1. The Hall–Kier alpha value is -0.810. The molecule has 1 aliphatic heterocycles. The summed E-state index contributed by atoms with van der Waals surface area (Å²) in [6, 6.07) is 3.79. The second-order valence-corrected chi connectivity index (χ2v) is 6.68. The lowest BCUT2D eigenvalue weighted by atomic mass is 10.1. The first-order valence-electron chi connectivity index (χ1n) is 8.31. The number of halogens is 1. The van der Waals surface area contributed by atoms with Crippen LogP contribution in [0.15, 0.2) is 12.1 Å². The highest BCUT2D eigenvalue weighted by molar-refractivity contribution is 6.31. The minimum Gasteiger partial charge on any atom is -0.491 e. The van der Waals surface area contributed by atoms with Crippen LogP contribution in [0.1, 0.15) is 25.0 Å². The highest BCUT2D eigenvalue weighted by atomic mass is 35.5. The molecule has 130 valence electrons. The van der Waals surface area contributed by atoms with Crippen molar-refractivity contribution < 1.29 is 14.2 Å². The fraction of sp³-hybridized carbons (Fsp3) is 0.667. The van der Waals surface area contributed by atoms with Gasteiger partial charge in [0, 0.05) is 24.7 Å². The lowest BCUT2D eigenvalue weighted by molar-refractivity contribution is -0.0734. The number of rotatable bonds is 7. The highest BCUT2D eigenvalue weighted by Gasteiger charge is 2.21. The molecule has 1 aliphatic rings. The molecule has 0 unspecified atom stereocenters. The Morgan fingerprint density at radius 2 is 1.78 bits per heavy atom. The predicted octanol–water partition coefficient (Wildman–Crippen LogP) is 3.46. The molecule has 0 aromatic heterocycles. The van der Waals surface area contributed by atoms with Crippen LogP contribution in [-0.2, 0) is 9.47 Å². The third-order valence-corrected chi connectivity index (χ3v) is 4.61. The third kappa shape index (κ3) is 5.64. The van der Waals surface area contributed by atoms with E-state index in [9.17, 15) is 0 Å². The van der Waals surface area contributed by atoms with Crippen LogP contribution in [0.4, 0.5) is 0 Å². The normalized spacial score (nSPS) is 22.3. The monoisotopic (exact) mass is 341 g/mol. The number of morpholine rings is 1. The molecule has 0 bridgehead atoms. The number of hydrogen-bond donors (Lipinski definition) is 0. The van der Waals surface area contributed by atoms with Gasteiger partial charge in [-0.3, -0.25) is 4.90 Å². The molecule has 0 aliphatic carbocycles. The molecule has 1 heterocycles. The Morgan fingerprint density at radius 3 is 2.48 bits per heavy atom. The summed E-state index contributed by atoms with van der Waals surface area (Å²) in [5, 5.41) is 0.778. The smallest absolute Gasteiger partial charge is 0.122 e. The van der Waals surface area contributed by atoms with Crippen molar-refractivity contribution in [3.8, 4) is 5.75 Å². The van der Waals surface area contributed by atoms with Crippen LogP contribution in [0.25, 0.3) is 0 Å². The molecular formula is C18H28ClNO3. The number of nitrogens with zero attached hydrogens (tertiary/aromatic N) is 1. The van der Waals surface area contributed by atoms with Crippen molar-refractivity contribution in [2.45, 2.75) is 39.9 Å². The molecule has 4 nitrogen and oxygen atoms in total. The minimum atomic E-state index is 0.304. The van der Waals surface area contributed by atoms with E-state index in [1.807, 2.05) is 26.0 Å². The van der Waals surface area contributed by atoms with Crippen LogP contribution in [0.3, 0.4) is 0 Å². The van der Waals surface area contributed by atoms with E-state index in [0.29, 0.717) is 25.4 Å². The zero-order valence-electron chi connectivity index (χ0n) is 14.6. The van der Waals surface area contributed by atoms with Crippen LogP contribution in [-0.4, -0.2) is 56.6 Å². The number of hydrogen-bond acceptors (Lipinski definition) is 4. The predicted molar refractivity (Wildman–Crippen MR) is 93.7 cm³/mol. The van der Waals surface area contributed by atoms with Gasteiger partial charge in [0.25, 0.3) is 0 Å². The van der Waals surface area contributed by atoms with Crippen molar-refractivity contribution in [2.75, 3.05) is 39.5 Å². The van der Waals surface area contributed by atoms with Gasteiger partial charge in [-0.25, -0.2) is 0 Å². The third-order valence-electron chi connectivity index (χ3n) is 4.20. The molecule has 2 atom stereocenters. The van der Waals surface area contributed by atoms with Gasteiger partial charge in [-0.1, -0.05) is 11.6 Å². The van der Waals surface area contributed by atoms with Crippen LogP contribution in [0.2, 0.25) is 5.02 Å². The minimum absolute atomic E-state index is 0.304. The molecule has 0 spiro atoms. The molecule has 1 aromatic carbocycles. The van der Waals surface area contributed by atoms with Gasteiger partial charge in [0.15, 0.2) is 0 Å². The summed E-state index contributed by atoms with van der Waals surface area (Å²) in [4.78, 5) is 2.40. The van der Waals surface area contributed by atoms with Gasteiger partial charge in [0.1, 0.15) is 12.4 Å². The van der Waals surface area contributed by atoms with Gasteiger partial charge < -0.3 is 14.2 Å². The first-order chi connectivity index (χ1) is 11.0. The summed E-state index contributed by atoms with van der Waals surface area (Å²) >= 11 is 6.09. The largest absolute Gasteiger partial charge is 0.491 e. The summed E-state index contributed by atoms with van der Waals surface area (Å²) < 4.78 is 17.2. The lowest BCUT2D eigenvalue weighted by Gasteiger charge is -2.35. The highest BCUT2D eigenvalue weighted by Crippen LogP contribution is 2.27. The summed E-state index contributed by atoms with van der Waals surface area (Å²) in [6.45, 7) is 13.0. The van der Waals surface area contributed by atoms with Crippen molar-refractivity contribution in [3.63, 3.8) is 0 Å². The Balaban J connectivity index is 1.62. The van der Waals surface area contributed by atoms with Gasteiger partial charge in [0.2, 0.25) is 0 Å². The van der Waals surface area contributed by atoms with Gasteiger partial charge >= 0.3 is 0 Å². The van der Waals surface area contributed by atoms with E-state index in [1.165, 1.54) is 0 Å². The van der Waals surface area contributed by atoms with Gasteiger partial charge in [-0.2, -0.15) is 0 Å². The average molecular weight is 342 g/mol. The van der Waals surface area contributed by atoms with E-state index in [-0.39, 0.29) is 0 Å². The average Bonchev–Trinajstić information content (AvgIpc) is 2.49. The van der Waals surface area contributed by atoms with Crippen molar-refractivity contribution in [3.05, 3.63) is 28.3 Å². The van der Waals surface area contributed by atoms with Crippen LogP contribution in [0, 0.1) is 13.8 Å². The van der Waals surface area contributed by atoms with E-state index in [0.717, 1.165) is 48.1 Å². The first kappa shape index (κ1) is 18.5. The second-order valence-electron chi connectivity index (χ2n) is 6.27. The molecule has 0 amide bonds. The van der Waals surface area contributed by atoms with E-state index in [4.69, 9.17) is 25.8 Å². The fourth-order valence-corrected chi connectivity index (χ4v) is 3.10. The maximum atomic E-state index is 6.09. The maximum absolute atomic E-state index is 6.09. The lowest BCUT2D eigenvalue weighted by Crippen LogP contribution is -2.46. The SMILES string of the molecule is Cc1c(Cl)ccc(OCCOCCN2C[C@@H](C)O[C@@H](C)C2)c1C. The van der Waals surface area contributed by atoms with Gasteiger partial charge in [-0.05, 0) is 51.0 Å². The molecule has 1 saturated heterocycles. The summed E-state index contributed by atoms with van der Waals surface area (Å²) in [6.07, 6.45) is 0.608.